The predicted molar refractivity (Wildman–Crippen MR) is 128 cm³/mol. The Hall–Kier alpha value is -0.853. The molecule has 5 atom stereocenters. The fraction of sp³-hybridized carbons (Fsp3) is 0.739. The first-order valence-corrected chi connectivity index (χ1v) is 16.2. The maximum Gasteiger partial charge on any atom is 0.264 e. The summed E-state index contributed by atoms with van der Waals surface area (Å²) in [4.78, 5) is 6.19. The molecule has 1 aromatic carbocycles. The van der Waals surface area contributed by atoms with E-state index >= 15 is 0 Å². The number of ether oxygens (including phenoxy) is 2. The van der Waals surface area contributed by atoms with Gasteiger partial charge < -0.3 is 13.9 Å². The van der Waals surface area contributed by atoms with Gasteiger partial charge in [-0.1, -0.05) is 51.1 Å². The Labute approximate surface area is 199 Å². The van der Waals surface area contributed by atoms with E-state index in [-0.39, 0.29) is 36.2 Å². The van der Waals surface area contributed by atoms with Crippen molar-refractivity contribution in [1.29, 1.82) is 0 Å². The number of hydrogen-bond donors (Lipinski definition) is 0. The molecule has 0 unspecified atom stereocenters. The molecular formula is C23H39NO7SSi. The lowest BCUT2D eigenvalue weighted by Gasteiger charge is -2.46. The Morgan fingerprint density at radius 2 is 1.85 bits per heavy atom. The van der Waals surface area contributed by atoms with Gasteiger partial charge in [0.25, 0.3) is 10.1 Å². The van der Waals surface area contributed by atoms with Gasteiger partial charge in [-0.15, -0.1) is 0 Å². The Bertz CT molecular complexity index is 875. The van der Waals surface area contributed by atoms with Crippen LogP contribution in [0.15, 0.2) is 30.3 Å². The molecule has 0 aliphatic carbocycles. The summed E-state index contributed by atoms with van der Waals surface area (Å²) in [7, 11) is -5.64. The van der Waals surface area contributed by atoms with E-state index in [9.17, 15) is 8.42 Å². The van der Waals surface area contributed by atoms with Crippen LogP contribution in [-0.2, 0) is 39.6 Å². The molecule has 1 aromatic rings. The summed E-state index contributed by atoms with van der Waals surface area (Å²) in [5.74, 6) is 0. The van der Waals surface area contributed by atoms with E-state index in [0.29, 0.717) is 19.6 Å². The predicted octanol–water partition coefficient (Wildman–Crippen LogP) is 3.69. The van der Waals surface area contributed by atoms with Gasteiger partial charge in [-0.25, -0.2) is 0 Å². The second kappa shape index (κ2) is 10.4. The van der Waals surface area contributed by atoms with Crippen molar-refractivity contribution in [3.05, 3.63) is 35.9 Å². The van der Waals surface area contributed by atoms with Gasteiger partial charge in [-0.2, -0.15) is 13.5 Å². The van der Waals surface area contributed by atoms with Crippen molar-refractivity contribution in [2.24, 2.45) is 0 Å². The summed E-state index contributed by atoms with van der Waals surface area (Å²) >= 11 is 0. The first-order chi connectivity index (χ1) is 15.2. The minimum absolute atomic E-state index is 0.0346. The molecule has 2 heterocycles. The normalized spacial score (nSPS) is 30.0. The van der Waals surface area contributed by atoms with Crippen LogP contribution in [0.1, 0.15) is 39.7 Å². The average molecular weight is 502 g/mol. The zero-order chi connectivity index (χ0) is 24.4. The largest absolute Gasteiger partial charge is 0.409 e. The van der Waals surface area contributed by atoms with Crippen LogP contribution >= 0.6 is 0 Å². The van der Waals surface area contributed by atoms with Gasteiger partial charge in [0.15, 0.2) is 14.6 Å². The maximum absolute atomic E-state index is 11.5. The minimum atomic E-state index is -3.56. The Balaban J connectivity index is 1.83. The third-order valence-electron chi connectivity index (χ3n) is 6.65. The summed E-state index contributed by atoms with van der Waals surface area (Å²) in [6, 6.07) is 9.89. The van der Waals surface area contributed by atoms with Gasteiger partial charge >= 0.3 is 0 Å². The average Bonchev–Trinajstić information content (AvgIpc) is 3.09. The molecule has 2 saturated heterocycles. The molecule has 2 fully saturated rings. The minimum Gasteiger partial charge on any atom is -0.409 e. The van der Waals surface area contributed by atoms with E-state index in [1.807, 2.05) is 42.3 Å². The van der Waals surface area contributed by atoms with Crippen molar-refractivity contribution < 1.29 is 31.3 Å². The third kappa shape index (κ3) is 7.31. The van der Waals surface area contributed by atoms with Crippen molar-refractivity contribution in [2.75, 3.05) is 19.5 Å². The van der Waals surface area contributed by atoms with E-state index < -0.39 is 24.5 Å². The summed E-state index contributed by atoms with van der Waals surface area (Å²) < 4.78 is 47.0. The molecule has 0 bridgehead atoms. The summed E-state index contributed by atoms with van der Waals surface area (Å²) in [6.45, 7) is 13.9. The molecular weight excluding hydrogens is 462 g/mol. The van der Waals surface area contributed by atoms with Gasteiger partial charge in [0, 0.05) is 6.54 Å². The summed E-state index contributed by atoms with van der Waals surface area (Å²) in [5, 5.41) is 1.94. The molecule has 0 saturated carbocycles. The maximum atomic E-state index is 11.5. The molecule has 10 heteroatoms. The molecule has 33 heavy (non-hydrogen) atoms. The van der Waals surface area contributed by atoms with Crippen LogP contribution in [0.25, 0.3) is 0 Å². The van der Waals surface area contributed by atoms with Crippen LogP contribution in [0.3, 0.4) is 0 Å². The lowest BCUT2D eigenvalue weighted by Crippen LogP contribution is -2.57. The van der Waals surface area contributed by atoms with Crippen molar-refractivity contribution >= 4 is 18.4 Å². The highest BCUT2D eigenvalue weighted by Gasteiger charge is 2.49. The summed E-state index contributed by atoms with van der Waals surface area (Å²) in [5.41, 5.74) is 1.09. The molecule has 0 spiro atoms. The van der Waals surface area contributed by atoms with Gasteiger partial charge in [-0.05, 0) is 37.0 Å². The molecule has 0 amide bonds. The lowest BCUT2D eigenvalue weighted by molar-refractivity contribution is -0.272. The SMILES string of the molecule is C[C@@H]1OC[C@@H](O[Si](C)(C)C(C)(C)C)[C@H]([C@@H]2C[C@H](COS(C)(=O)=O)ON2Cc2ccccc2)O1. The highest BCUT2D eigenvalue weighted by Crippen LogP contribution is 2.40. The number of hydrogen-bond acceptors (Lipinski definition) is 8. The van der Waals surface area contributed by atoms with Crippen molar-refractivity contribution in [2.45, 2.75) is 89.4 Å². The molecule has 0 aromatic heterocycles. The molecule has 0 N–H and O–H groups in total. The lowest BCUT2D eigenvalue weighted by atomic mass is 9.99. The van der Waals surface area contributed by atoms with E-state index in [0.717, 1.165) is 11.8 Å². The molecule has 3 rings (SSSR count). The van der Waals surface area contributed by atoms with Crippen LogP contribution in [-0.4, -0.2) is 71.9 Å². The van der Waals surface area contributed by atoms with Crippen LogP contribution in [0, 0.1) is 0 Å². The van der Waals surface area contributed by atoms with Crippen LogP contribution < -0.4 is 0 Å². The van der Waals surface area contributed by atoms with E-state index in [2.05, 4.69) is 33.9 Å². The Kier molecular flexibility index (Phi) is 8.44. The van der Waals surface area contributed by atoms with Gasteiger partial charge in [0.05, 0.1) is 31.6 Å². The Morgan fingerprint density at radius 1 is 1.18 bits per heavy atom. The standard InChI is InChI=1S/C23H39NO7SSi/c1-17-27-16-21(31-33(6,7)23(2,3)4)22(29-17)20-13-19(15-28-32(5,25)26)30-24(20)14-18-11-9-8-10-12-18/h8-12,17,19-22H,13-16H2,1-7H3/t17-,19-,20+,21-,22+/m1/s1. The first-order valence-electron chi connectivity index (χ1n) is 11.5. The highest BCUT2D eigenvalue weighted by atomic mass is 32.2. The van der Waals surface area contributed by atoms with Gasteiger partial charge in [0.1, 0.15) is 12.2 Å². The zero-order valence-electron chi connectivity index (χ0n) is 20.8. The molecule has 0 radical (unpaired) electrons. The smallest absolute Gasteiger partial charge is 0.264 e. The van der Waals surface area contributed by atoms with E-state index in [1.165, 1.54) is 0 Å². The number of rotatable bonds is 8. The Morgan fingerprint density at radius 3 is 2.45 bits per heavy atom. The fourth-order valence-corrected chi connectivity index (χ4v) is 5.59. The third-order valence-corrected chi connectivity index (χ3v) is 11.7. The fourth-order valence-electron chi connectivity index (χ4n) is 3.88. The second-order valence-electron chi connectivity index (χ2n) is 10.5. The second-order valence-corrected chi connectivity index (χ2v) is 16.9. The topological polar surface area (TPSA) is 83.5 Å². The zero-order valence-corrected chi connectivity index (χ0v) is 22.6. The highest BCUT2D eigenvalue weighted by molar-refractivity contribution is 7.85. The monoisotopic (exact) mass is 501 g/mol. The molecule has 2 aliphatic rings. The van der Waals surface area contributed by atoms with E-state index in [1.54, 1.807) is 0 Å². The van der Waals surface area contributed by atoms with Crippen LogP contribution in [0.4, 0.5) is 0 Å². The van der Waals surface area contributed by atoms with E-state index in [4.69, 9.17) is 22.9 Å². The van der Waals surface area contributed by atoms with Crippen molar-refractivity contribution in [3.63, 3.8) is 0 Å². The van der Waals surface area contributed by atoms with Crippen LogP contribution in [0.2, 0.25) is 18.1 Å². The van der Waals surface area contributed by atoms with Crippen molar-refractivity contribution in [3.8, 4) is 0 Å². The van der Waals surface area contributed by atoms with Gasteiger partial charge in [0.2, 0.25) is 0 Å². The summed E-state index contributed by atoms with van der Waals surface area (Å²) in [6.07, 6.45) is 0.325. The van der Waals surface area contributed by atoms with Crippen molar-refractivity contribution in [1.82, 2.24) is 5.06 Å². The molecule has 188 valence electrons. The van der Waals surface area contributed by atoms with Gasteiger partial charge in [-0.3, -0.25) is 9.02 Å². The van der Waals surface area contributed by atoms with Crippen LogP contribution in [0.5, 0.6) is 0 Å². The molecule has 2 aliphatic heterocycles. The number of nitrogens with zero attached hydrogens (tertiary/aromatic N) is 1. The molecule has 8 nitrogen and oxygen atoms in total. The number of benzene rings is 1. The quantitative estimate of drug-likeness (QED) is 0.394. The number of hydroxylamine groups is 2. The first kappa shape index (κ1) is 26.7.